The lowest BCUT2D eigenvalue weighted by molar-refractivity contribution is -0.122. The average Bonchev–Trinajstić information content (AvgIpc) is 2.43. The summed E-state index contributed by atoms with van der Waals surface area (Å²) in [6.45, 7) is 5.79. The van der Waals surface area contributed by atoms with Gasteiger partial charge in [-0.1, -0.05) is 30.3 Å². The molecule has 1 atom stereocenters. The summed E-state index contributed by atoms with van der Waals surface area (Å²) in [7, 11) is 1.63. The molecule has 4 heteroatoms. The van der Waals surface area contributed by atoms with Crippen LogP contribution in [0.3, 0.4) is 0 Å². The molecule has 2 rings (SSSR count). The lowest BCUT2D eigenvalue weighted by Crippen LogP contribution is -2.42. The standard InChI is InChI=1S/C17H20ClNO2/c1-17(2,3)19-16(20)15(18)13-9-10-14(21-4)12-8-6-5-7-11(12)13/h5-10,15H,1-4H3,(H,19,20). The van der Waals surface area contributed by atoms with E-state index in [0.717, 1.165) is 22.1 Å². The van der Waals surface area contributed by atoms with E-state index in [4.69, 9.17) is 16.3 Å². The van der Waals surface area contributed by atoms with Crippen molar-refractivity contribution in [2.24, 2.45) is 0 Å². The van der Waals surface area contributed by atoms with Gasteiger partial charge in [0, 0.05) is 10.9 Å². The number of benzene rings is 2. The number of carbonyl (C=O) groups excluding carboxylic acids is 1. The van der Waals surface area contributed by atoms with Crippen molar-refractivity contribution in [2.45, 2.75) is 31.7 Å². The fourth-order valence-corrected chi connectivity index (χ4v) is 2.51. The van der Waals surface area contributed by atoms with E-state index in [1.54, 1.807) is 7.11 Å². The van der Waals surface area contributed by atoms with Gasteiger partial charge in [0.05, 0.1) is 7.11 Å². The van der Waals surface area contributed by atoms with Gasteiger partial charge in [-0.05, 0) is 37.8 Å². The first-order chi connectivity index (χ1) is 9.83. The zero-order valence-corrected chi connectivity index (χ0v) is 13.5. The first-order valence-electron chi connectivity index (χ1n) is 6.85. The largest absolute Gasteiger partial charge is 0.496 e. The van der Waals surface area contributed by atoms with Gasteiger partial charge in [0.15, 0.2) is 0 Å². The van der Waals surface area contributed by atoms with Gasteiger partial charge in [-0.2, -0.15) is 0 Å². The summed E-state index contributed by atoms with van der Waals surface area (Å²) in [5.74, 6) is 0.578. The first-order valence-corrected chi connectivity index (χ1v) is 7.29. The van der Waals surface area contributed by atoms with Crippen molar-refractivity contribution in [3.8, 4) is 5.75 Å². The van der Waals surface area contributed by atoms with Gasteiger partial charge in [0.2, 0.25) is 5.91 Å². The van der Waals surface area contributed by atoms with Crippen LogP contribution in [0, 0.1) is 0 Å². The predicted molar refractivity (Wildman–Crippen MR) is 87.0 cm³/mol. The predicted octanol–water partition coefficient (Wildman–Crippen LogP) is 4.04. The minimum Gasteiger partial charge on any atom is -0.496 e. The molecule has 1 amide bonds. The van der Waals surface area contributed by atoms with Gasteiger partial charge in [-0.15, -0.1) is 11.6 Å². The monoisotopic (exact) mass is 305 g/mol. The molecule has 0 saturated carbocycles. The SMILES string of the molecule is COc1ccc(C(Cl)C(=O)NC(C)(C)C)c2ccccc12. The van der Waals surface area contributed by atoms with Crippen LogP contribution in [0.1, 0.15) is 31.7 Å². The van der Waals surface area contributed by atoms with E-state index in [2.05, 4.69) is 5.32 Å². The van der Waals surface area contributed by atoms with Crippen LogP contribution in [0.25, 0.3) is 10.8 Å². The van der Waals surface area contributed by atoms with E-state index in [1.165, 1.54) is 0 Å². The number of hydrogen-bond acceptors (Lipinski definition) is 2. The van der Waals surface area contributed by atoms with Crippen molar-refractivity contribution in [1.29, 1.82) is 0 Å². The molecule has 2 aromatic rings. The molecule has 1 unspecified atom stereocenters. The van der Waals surface area contributed by atoms with Crippen LogP contribution in [0.2, 0.25) is 0 Å². The molecule has 0 aromatic heterocycles. The van der Waals surface area contributed by atoms with Crippen LogP contribution >= 0.6 is 11.6 Å². The smallest absolute Gasteiger partial charge is 0.243 e. The van der Waals surface area contributed by atoms with Gasteiger partial charge in [0.25, 0.3) is 0 Å². The van der Waals surface area contributed by atoms with E-state index in [1.807, 2.05) is 57.2 Å². The summed E-state index contributed by atoms with van der Waals surface area (Å²) in [6.07, 6.45) is 0. The normalized spacial score (nSPS) is 13.0. The third-order valence-electron chi connectivity index (χ3n) is 3.14. The zero-order chi connectivity index (χ0) is 15.6. The van der Waals surface area contributed by atoms with Crippen LogP contribution in [0.15, 0.2) is 36.4 Å². The van der Waals surface area contributed by atoms with Crippen LogP contribution < -0.4 is 10.1 Å². The highest BCUT2D eigenvalue weighted by Gasteiger charge is 2.24. The highest BCUT2D eigenvalue weighted by atomic mass is 35.5. The molecule has 2 aromatic carbocycles. The summed E-state index contributed by atoms with van der Waals surface area (Å²) >= 11 is 6.38. The number of amides is 1. The number of hydrogen-bond donors (Lipinski definition) is 1. The summed E-state index contributed by atoms with van der Waals surface area (Å²) in [5, 5.41) is 4.05. The molecule has 0 bridgehead atoms. The summed E-state index contributed by atoms with van der Waals surface area (Å²) in [4.78, 5) is 12.3. The molecule has 21 heavy (non-hydrogen) atoms. The van der Waals surface area contributed by atoms with Crippen LogP contribution in [0.5, 0.6) is 5.75 Å². The minimum atomic E-state index is -0.736. The lowest BCUT2D eigenvalue weighted by atomic mass is 10.00. The second-order valence-electron chi connectivity index (χ2n) is 6.00. The van der Waals surface area contributed by atoms with Gasteiger partial charge < -0.3 is 10.1 Å². The molecular formula is C17H20ClNO2. The van der Waals surface area contributed by atoms with Gasteiger partial charge >= 0.3 is 0 Å². The number of rotatable bonds is 3. The maximum absolute atomic E-state index is 12.3. The number of alkyl halides is 1. The Bertz CT molecular complexity index is 661. The lowest BCUT2D eigenvalue weighted by Gasteiger charge is -2.23. The number of fused-ring (bicyclic) bond motifs is 1. The zero-order valence-electron chi connectivity index (χ0n) is 12.7. The van der Waals surface area contributed by atoms with Crippen molar-refractivity contribution >= 4 is 28.3 Å². The third kappa shape index (κ3) is 3.48. The Morgan fingerprint density at radius 1 is 1.14 bits per heavy atom. The van der Waals surface area contributed by atoms with Gasteiger partial charge in [0.1, 0.15) is 11.1 Å². The maximum Gasteiger partial charge on any atom is 0.243 e. The summed E-state index contributed by atoms with van der Waals surface area (Å²) in [5.41, 5.74) is 0.474. The minimum absolute atomic E-state index is 0.195. The van der Waals surface area contributed by atoms with Crippen molar-refractivity contribution in [3.05, 3.63) is 42.0 Å². The van der Waals surface area contributed by atoms with Crippen molar-refractivity contribution in [2.75, 3.05) is 7.11 Å². The van der Waals surface area contributed by atoms with E-state index in [-0.39, 0.29) is 11.4 Å². The Labute approximate surface area is 130 Å². The third-order valence-corrected chi connectivity index (χ3v) is 3.57. The Balaban J connectivity index is 2.45. The van der Waals surface area contributed by atoms with Crippen molar-refractivity contribution in [1.82, 2.24) is 5.32 Å². The molecule has 0 aliphatic carbocycles. The van der Waals surface area contributed by atoms with E-state index in [9.17, 15) is 4.79 Å². The molecule has 0 aliphatic rings. The molecule has 0 saturated heterocycles. The molecular weight excluding hydrogens is 286 g/mol. The Morgan fingerprint density at radius 3 is 2.33 bits per heavy atom. The molecule has 0 heterocycles. The maximum atomic E-state index is 12.3. The number of ether oxygens (including phenoxy) is 1. The number of methoxy groups -OCH3 is 1. The van der Waals surface area contributed by atoms with Crippen LogP contribution in [-0.4, -0.2) is 18.6 Å². The van der Waals surface area contributed by atoms with Gasteiger partial charge in [-0.3, -0.25) is 4.79 Å². The molecule has 112 valence electrons. The van der Waals surface area contributed by atoms with E-state index < -0.39 is 5.38 Å². The Kier molecular flexibility index (Phi) is 4.43. The van der Waals surface area contributed by atoms with Crippen LogP contribution in [-0.2, 0) is 4.79 Å². The summed E-state index contributed by atoms with van der Waals surface area (Å²) < 4.78 is 5.36. The fourth-order valence-electron chi connectivity index (χ4n) is 2.27. The highest BCUT2D eigenvalue weighted by Crippen LogP contribution is 2.34. The quantitative estimate of drug-likeness (QED) is 0.869. The molecule has 3 nitrogen and oxygen atoms in total. The second kappa shape index (κ2) is 5.94. The van der Waals surface area contributed by atoms with Crippen molar-refractivity contribution in [3.63, 3.8) is 0 Å². The second-order valence-corrected chi connectivity index (χ2v) is 6.44. The average molecular weight is 306 g/mol. The molecule has 0 spiro atoms. The van der Waals surface area contributed by atoms with E-state index in [0.29, 0.717) is 0 Å². The summed E-state index contributed by atoms with van der Waals surface area (Å²) in [6, 6.07) is 11.5. The molecule has 0 radical (unpaired) electrons. The number of halogens is 1. The molecule has 1 N–H and O–H groups in total. The molecule has 0 aliphatic heterocycles. The van der Waals surface area contributed by atoms with Gasteiger partial charge in [-0.25, -0.2) is 0 Å². The number of carbonyl (C=O) groups is 1. The fraction of sp³-hybridized carbons (Fsp3) is 0.353. The first kappa shape index (κ1) is 15.6. The van der Waals surface area contributed by atoms with Crippen molar-refractivity contribution < 1.29 is 9.53 Å². The van der Waals surface area contributed by atoms with Crippen LogP contribution in [0.4, 0.5) is 0 Å². The highest BCUT2D eigenvalue weighted by molar-refractivity contribution is 6.31. The molecule has 0 fully saturated rings. The Morgan fingerprint density at radius 2 is 1.76 bits per heavy atom. The van der Waals surface area contributed by atoms with E-state index >= 15 is 0 Å². The topological polar surface area (TPSA) is 38.3 Å². The number of nitrogens with one attached hydrogen (secondary N) is 1. The Hall–Kier alpha value is -1.74.